The Morgan fingerprint density at radius 2 is 1.78 bits per heavy atom. The summed E-state index contributed by atoms with van der Waals surface area (Å²) in [5.41, 5.74) is 5.00. The molecular weight excluding hydrogens is 393 g/mol. The maximum absolute atomic E-state index is 13.3. The first-order chi connectivity index (χ1) is 12.8. The molecule has 0 heterocycles. The van der Waals surface area contributed by atoms with Crippen molar-refractivity contribution in [3.63, 3.8) is 0 Å². The molecule has 2 aromatic carbocycles. The van der Waals surface area contributed by atoms with Gasteiger partial charge in [-0.2, -0.15) is 0 Å². The van der Waals surface area contributed by atoms with Gasteiger partial charge in [0.25, 0.3) is 0 Å². The van der Waals surface area contributed by atoms with Gasteiger partial charge < -0.3 is 10.5 Å². The molecular formula is C19H19ClFNO4S. The lowest BCUT2D eigenvalue weighted by Crippen LogP contribution is -2.33. The average Bonchev–Trinajstić information content (AvgIpc) is 3.34. The van der Waals surface area contributed by atoms with Gasteiger partial charge in [0.2, 0.25) is 0 Å². The normalized spacial score (nSPS) is 24.4. The van der Waals surface area contributed by atoms with Crippen LogP contribution in [0.3, 0.4) is 0 Å². The Bertz CT molecular complexity index is 947. The monoisotopic (exact) mass is 411 g/mol. The Labute approximate surface area is 162 Å². The van der Waals surface area contributed by atoms with Crippen LogP contribution in [0.5, 0.6) is 0 Å². The quantitative estimate of drug-likeness (QED) is 0.738. The minimum absolute atomic E-state index is 0.0450. The molecule has 3 rings (SSSR count). The first kappa shape index (κ1) is 19.8. The number of sulfone groups is 1. The van der Waals surface area contributed by atoms with Crippen molar-refractivity contribution in [2.24, 2.45) is 11.1 Å². The molecule has 1 saturated carbocycles. The molecule has 2 aromatic rings. The fraction of sp³-hybridized carbons (Fsp3) is 0.316. The maximum atomic E-state index is 13.3. The summed E-state index contributed by atoms with van der Waals surface area (Å²) in [4.78, 5) is 12.7. The molecule has 5 nitrogen and oxygen atoms in total. The molecule has 1 aliphatic rings. The van der Waals surface area contributed by atoms with Crippen LogP contribution in [0.2, 0.25) is 5.02 Å². The van der Waals surface area contributed by atoms with Crippen LogP contribution < -0.4 is 5.73 Å². The highest BCUT2D eigenvalue weighted by atomic mass is 35.5. The predicted molar refractivity (Wildman–Crippen MR) is 99.7 cm³/mol. The van der Waals surface area contributed by atoms with Crippen LogP contribution in [-0.2, 0) is 19.4 Å². The number of rotatable bonds is 6. The van der Waals surface area contributed by atoms with Crippen LogP contribution in [0.25, 0.3) is 0 Å². The molecule has 27 heavy (non-hydrogen) atoms. The molecule has 0 amide bonds. The summed E-state index contributed by atoms with van der Waals surface area (Å²) in [6, 6.07) is 11.1. The lowest BCUT2D eigenvalue weighted by atomic mass is 9.99. The average molecular weight is 412 g/mol. The number of nitrogens with two attached hydrogens (primary N) is 1. The van der Waals surface area contributed by atoms with E-state index in [2.05, 4.69) is 0 Å². The van der Waals surface area contributed by atoms with Gasteiger partial charge in [0.1, 0.15) is 11.2 Å². The van der Waals surface area contributed by atoms with E-state index in [1.54, 1.807) is 6.92 Å². The Balaban J connectivity index is 2.10. The van der Waals surface area contributed by atoms with E-state index in [9.17, 15) is 17.6 Å². The molecule has 144 valence electrons. The fourth-order valence-electron chi connectivity index (χ4n) is 3.61. The van der Waals surface area contributed by atoms with Crippen molar-refractivity contribution < 1.29 is 22.3 Å². The van der Waals surface area contributed by atoms with E-state index in [-0.39, 0.29) is 18.0 Å². The van der Waals surface area contributed by atoms with Gasteiger partial charge in [0, 0.05) is 17.5 Å². The van der Waals surface area contributed by atoms with Crippen LogP contribution in [0, 0.1) is 11.2 Å². The SMILES string of the molecule is CCOC(=O)[C@]1(CN)[C@@H](c2ccc(F)cc2)[C@@H]1S(=O)(=O)c1ccc(Cl)cc1. The van der Waals surface area contributed by atoms with Crippen molar-refractivity contribution in [3.8, 4) is 0 Å². The van der Waals surface area contributed by atoms with Gasteiger partial charge in [-0.25, -0.2) is 12.8 Å². The van der Waals surface area contributed by atoms with E-state index < -0.39 is 38.2 Å². The second-order valence-electron chi connectivity index (χ2n) is 6.41. The minimum Gasteiger partial charge on any atom is -0.465 e. The van der Waals surface area contributed by atoms with Gasteiger partial charge in [0.15, 0.2) is 9.84 Å². The van der Waals surface area contributed by atoms with E-state index in [1.165, 1.54) is 48.5 Å². The first-order valence-electron chi connectivity index (χ1n) is 8.41. The van der Waals surface area contributed by atoms with Crippen molar-refractivity contribution in [2.75, 3.05) is 13.2 Å². The Kier molecular flexibility index (Phi) is 5.29. The van der Waals surface area contributed by atoms with Crippen molar-refractivity contribution >= 4 is 27.4 Å². The van der Waals surface area contributed by atoms with E-state index in [0.29, 0.717) is 10.6 Å². The smallest absolute Gasteiger partial charge is 0.315 e. The van der Waals surface area contributed by atoms with Crippen LogP contribution >= 0.6 is 11.6 Å². The van der Waals surface area contributed by atoms with E-state index in [4.69, 9.17) is 22.1 Å². The molecule has 0 aromatic heterocycles. The van der Waals surface area contributed by atoms with Crippen molar-refractivity contribution in [2.45, 2.75) is 23.0 Å². The van der Waals surface area contributed by atoms with Crippen molar-refractivity contribution in [1.82, 2.24) is 0 Å². The summed E-state index contributed by atoms with van der Waals surface area (Å²) in [5, 5.41) is -0.698. The third kappa shape index (κ3) is 3.24. The zero-order valence-electron chi connectivity index (χ0n) is 14.6. The van der Waals surface area contributed by atoms with Gasteiger partial charge in [-0.15, -0.1) is 0 Å². The van der Waals surface area contributed by atoms with Gasteiger partial charge in [-0.05, 0) is 48.9 Å². The molecule has 2 N–H and O–H groups in total. The second-order valence-corrected chi connectivity index (χ2v) is 8.92. The predicted octanol–water partition coefficient (Wildman–Crippen LogP) is 2.93. The molecule has 3 atom stereocenters. The number of carbonyl (C=O) groups is 1. The third-order valence-electron chi connectivity index (χ3n) is 4.96. The highest BCUT2D eigenvalue weighted by Gasteiger charge is 2.75. The van der Waals surface area contributed by atoms with Gasteiger partial charge in [-0.3, -0.25) is 4.79 Å². The summed E-state index contributed by atoms with van der Waals surface area (Å²) < 4.78 is 45.0. The molecule has 0 bridgehead atoms. The molecule has 0 radical (unpaired) electrons. The van der Waals surface area contributed by atoms with Crippen LogP contribution in [-0.4, -0.2) is 32.8 Å². The Morgan fingerprint density at radius 1 is 1.19 bits per heavy atom. The molecule has 0 unspecified atom stereocenters. The zero-order valence-corrected chi connectivity index (χ0v) is 16.1. The maximum Gasteiger partial charge on any atom is 0.315 e. The number of ether oxygens (including phenoxy) is 1. The van der Waals surface area contributed by atoms with Crippen molar-refractivity contribution in [1.29, 1.82) is 0 Å². The van der Waals surface area contributed by atoms with E-state index >= 15 is 0 Å². The summed E-state index contributed by atoms with van der Waals surface area (Å²) in [6.45, 7) is 1.54. The summed E-state index contributed by atoms with van der Waals surface area (Å²) >= 11 is 5.85. The summed E-state index contributed by atoms with van der Waals surface area (Å²) in [5.74, 6) is -1.84. The molecule has 1 fully saturated rings. The fourth-order valence-corrected chi connectivity index (χ4v) is 6.12. The number of esters is 1. The molecule has 1 aliphatic carbocycles. The number of halogens is 2. The highest BCUT2D eigenvalue weighted by Crippen LogP contribution is 2.64. The standard InChI is InChI=1S/C19H19ClFNO4S/c1-2-26-18(23)19(11-22)16(12-3-7-14(21)8-4-12)17(19)27(24,25)15-9-5-13(20)6-10-15/h3-10,16-17H,2,11,22H2,1H3/t16-,17-,19+/m0/s1. The number of hydrogen-bond acceptors (Lipinski definition) is 5. The Morgan fingerprint density at radius 3 is 2.30 bits per heavy atom. The lowest BCUT2D eigenvalue weighted by molar-refractivity contribution is -0.149. The zero-order chi connectivity index (χ0) is 19.8. The van der Waals surface area contributed by atoms with Gasteiger partial charge >= 0.3 is 5.97 Å². The molecule has 0 aliphatic heterocycles. The summed E-state index contributed by atoms with van der Waals surface area (Å²) in [7, 11) is -3.91. The molecule has 0 saturated heterocycles. The number of hydrogen-bond donors (Lipinski definition) is 1. The largest absolute Gasteiger partial charge is 0.465 e. The second kappa shape index (κ2) is 7.22. The Hall–Kier alpha value is -1.96. The van der Waals surface area contributed by atoms with Gasteiger partial charge in [-0.1, -0.05) is 23.7 Å². The van der Waals surface area contributed by atoms with Crippen LogP contribution in [0.1, 0.15) is 18.4 Å². The van der Waals surface area contributed by atoms with Crippen molar-refractivity contribution in [3.05, 3.63) is 64.9 Å². The lowest BCUT2D eigenvalue weighted by Gasteiger charge is -2.14. The highest BCUT2D eigenvalue weighted by molar-refractivity contribution is 7.92. The van der Waals surface area contributed by atoms with Crippen LogP contribution in [0.4, 0.5) is 4.39 Å². The summed E-state index contributed by atoms with van der Waals surface area (Å²) in [6.07, 6.45) is 0. The topological polar surface area (TPSA) is 86.5 Å². The molecule has 8 heteroatoms. The molecule has 0 spiro atoms. The van der Waals surface area contributed by atoms with Gasteiger partial charge in [0.05, 0.1) is 16.8 Å². The number of carbonyl (C=O) groups excluding carboxylic acids is 1. The first-order valence-corrected chi connectivity index (χ1v) is 10.3. The third-order valence-corrected chi connectivity index (χ3v) is 7.50. The minimum atomic E-state index is -3.91. The number of benzene rings is 2. The van der Waals surface area contributed by atoms with E-state index in [0.717, 1.165) is 0 Å². The van der Waals surface area contributed by atoms with E-state index in [1.807, 2.05) is 0 Å². The van der Waals surface area contributed by atoms with Crippen LogP contribution in [0.15, 0.2) is 53.4 Å².